The van der Waals surface area contributed by atoms with E-state index in [4.69, 9.17) is 4.84 Å². The number of carbonyl (C=O) groups is 2. The highest BCUT2D eigenvalue weighted by Crippen LogP contribution is 2.46. The summed E-state index contributed by atoms with van der Waals surface area (Å²) in [6.07, 6.45) is 6.05. The maximum atomic E-state index is 12.4. The Kier molecular flexibility index (Phi) is 6.44. The van der Waals surface area contributed by atoms with E-state index in [1.807, 2.05) is 0 Å². The first-order valence-corrected chi connectivity index (χ1v) is 11.5. The summed E-state index contributed by atoms with van der Waals surface area (Å²) in [5, 5.41) is 1.06. The van der Waals surface area contributed by atoms with E-state index in [1.54, 1.807) is 0 Å². The zero-order valence-corrected chi connectivity index (χ0v) is 18.5. The van der Waals surface area contributed by atoms with Crippen LogP contribution in [0.2, 0.25) is 0 Å². The average molecular weight is 414 g/mol. The van der Waals surface area contributed by atoms with Crippen molar-refractivity contribution in [3.8, 4) is 0 Å². The number of piperidine rings is 1. The number of amides is 2. The van der Waals surface area contributed by atoms with Gasteiger partial charge in [0.25, 0.3) is 11.8 Å². The number of hydrogen-bond acceptors (Lipinski definition) is 5. The van der Waals surface area contributed by atoms with E-state index in [9.17, 15) is 9.59 Å². The van der Waals surface area contributed by atoms with Gasteiger partial charge in [-0.15, -0.1) is 0 Å². The molecule has 1 aromatic carbocycles. The maximum absolute atomic E-state index is 12.4. The number of anilines is 1. The first-order valence-electron chi connectivity index (χ1n) is 11.5. The van der Waals surface area contributed by atoms with Gasteiger partial charge >= 0.3 is 0 Å². The van der Waals surface area contributed by atoms with Gasteiger partial charge < -0.3 is 4.90 Å². The third-order valence-electron chi connectivity index (χ3n) is 7.30. The third-order valence-corrected chi connectivity index (χ3v) is 7.30. The third kappa shape index (κ3) is 4.54. The average Bonchev–Trinajstić information content (AvgIpc) is 3.17. The SMILES string of the molecule is Cc1cccc(N2CCN(CCCON3C(=O)CC4(CCCC4)CC3=O)CC2)c1C. The van der Waals surface area contributed by atoms with Crippen LogP contribution in [-0.4, -0.2) is 61.1 Å². The molecule has 1 aliphatic carbocycles. The van der Waals surface area contributed by atoms with Gasteiger partial charge in [0.15, 0.2) is 0 Å². The maximum Gasteiger partial charge on any atom is 0.254 e. The van der Waals surface area contributed by atoms with Crippen LogP contribution in [0.3, 0.4) is 0 Å². The lowest BCUT2D eigenvalue weighted by Crippen LogP contribution is -2.48. The van der Waals surface area contributed by atoms with Gasteiger partial charge in [-0.2, -0.15) is 5.06 Å². The molecule has 3 aliphatic rings. The number of carbonyl (C=O) groups excluding carboxylic acids is 2. The van der Waals surface area contributed by atoms with E-state index in [2.05, 4.69) is 41.8 Å². The van der Waals surface area contributed by atoms with Gasteiger partial charge in [-0.3, -0.25) is 19.3 Å². The molecule has 6 nitrogen and oxygen atoms in total. The van der Waals surface area contributed by atoms with Gasteiger partial charge in [-0.1, -0.05) is 25.0 Å². The fourth-order valence-corrected chi connectivity index (χ4v) is 5.34. The molecule has 30 heavy (non-hydrogen) atoms. The standard InChI is InChI=1S/C24H35N3O3/c1-19-7-5-8-21(20(19)2)26-14-12-25(13-15-26)11-6-16-30-27-22(28)17-24(18-23(27)29)9-3-4-10-24/h5,7-8H,3-4,6,9-18H2,1-2H3. The molecule has 6 heteroatoms. The Hall–Kier alpha value is -1.92. The molecular formula is C24H35N3O3. The molecule has 1 aromatic rings. The Balaban J connectivity index is 1.18. The number of hydroxylamine groups is 2. The van der Waals surface area contributed by atoms with Crippen LogP contribution in [0, 0.1) is 19.3 Å². The Labute approximate surface area is 180 Å². The first kappa shape index (κ1) is 21.3. The number of nitrogens with zero attached hydrogens (tertiary/aromatic N) is 3. The lowest BCUT2D eigenvalue weighted by molar-refractivity contribution is -0.205. The molecule has 164 valence electrons. The lowest BCUT2D eigenvalue weighted by atomic mass is 9.77. The van der Waals surface area contributed by atoms with Crippen molar-refractivity contribution >= 4 is 17.5 Å². The second kappa shape index (κ2) is 9.06. The highest BCUT2D eigenvalue weighted by atomic mass is 16.7. The van der Waals surface area contributed by atoms with Gasteiger partial charge in [0.1, 0.15) is 0 Å². The van der Waals surface area contributed by atoms with Crippen LogP contribution in [0.15, 0.2) is 18.2 Å². The molecule has 0 unspecified atom stereocenters. The Morgan fingerprint density at radius 3 is 2.30 bits per heavy atom. The molecule has 0 radical (unpaired) electrons. The molecule has 4 rings (SSSR count). The monoisotopic (exact) mass is 413 g/mol. The van der Waals surface area contributed by atoms with Crippen molar-refractivity contribution in [3.05, 3.63) is 29.3 Å². The topological polar surface area (TPSA) is 53.1 Å². The summed E-state index contributed by atoms with van der Waals surface area (Å²) in [6.45, 7) is 9.82. The van der Waals surface area contributed by atoms with Crippen molar-refractivity contribution < 1.29 is 14.4 Å². The molecule has 1 spiro atoms. The zero-order valence-electron chi connectivity index (χ0n) is 18.5. The summed E-state index contributed by atoms with van der Waals surface area (Å²) in [5.74, 6) is -0.287. The van der Waals surface area contributed by atoms with Crippen molar-refractivity contribution in [1.82, 2.24) is 9.96 Å². The van der Waals surface area contributed by atoms with Crippen LogP contribution < -0.4 is 4.90 Å². The van der Waals surface area contributed by atoms with Crippen LogP contribution in [0.5, 0.6) is 0 Å². The summed E-state index contributed by atoms with van der Waals surface area (Å²) in [6, 6.07) is 6.52. The molecule has 2 heterocycles. The fraction of sp³-hybridized carbons (Fsp3) is 0.667. The fourth-order valence-electron chi connectivity index (χ4n) is 5.34. The normalized spacial score (nSPS) is 22.3. The van der Waals surface area contributed by atoms with E-state index >= 15 is 0 Å². The summed E-state index contributed by atoms with van der Waals surface area (Å²) >= 11 is 0. The van der Waals surface area contributed by atoms with Crippen LogP contribution in [0.25, 0.3) is 0 Å². The minimum atomic E-state index is -0.143. The van der Waals surface area contributed by atoms with Gasteiger partial charge in [-0.25, -0.2) is 0 Å². The molecule has 0 aromatic heterocycles. The molecule has 2 saturated heterocycles. The molecular weight excluding hydrogens is 378 g/mol. The van der Waals surface area contributed by atoms with Crippen LogP contribution in [-0.2, 0) is 14.4 Å². The molecule has 2 aliphatic heterocycles. The molecule has 0 atom stereocenters. The van der Waals surface area contributed by atoms with Gasteiger partial charge in [0.05, 0.1) is 6.61 Å². The highest BCUT2D eigenvalue weighted by molar-refractivity contribution is 5.97. The summed E-state index contributed by atoms with van der Waals surface area (Å²) < 4.78 is 0. The van der Waals surface area contributed by atoms with E-state index in [1.165, 1.54) is 16.8 Å². The highest BCUT2D eigenvalue weighted by Gasteiger charge is 2.45. The Morgan fingerprint density at radius 1 is 0.967 bits per heavy atom. The quantitative estimate of drug-likeness (QED) is 0.528. The number of aryl methyl sites for hydroxylation is 1. The van der Waals surface area contributed by atoms with E-state index < -0.39 is 0 Å². The molecule has 0 N–H and O–H groups in total. The molecule has 1 saturated carbocycles. The first-order chi connectivity index (χ1) is 14.5. The number of rotatable bonds is 6. The van der Waals surface area contributed by atoms with Crippen molar-refractivity contribution in [2.24, 2.45) is 5.41 Å². The molecule has 3 fully saturated rings. The van der Waals surface area contributed by atoms with Crippen LogP contribution in [0.1, 0.15) is 56.1 Å². The number of piperazine rings is 1. The zero-order chi connectivity index (χ0) is 21.1. The largest absolute Gasteiger partial charge is 0.369 e. The number of benzene rings is 1. The minimum Gasteiger partial charge on any atom is -0.369 e. The minimum absolute atomic E-state index is 0.0661. The number of hydrogen-bond donors (Lipinski definition) is 0. The smallest absolute Gasteiger partial charge is 0.254 e. The summed E-state index contributed by atoms with van der Waals surface area (Å²) in [7, 11) is 0. The lowest BCUT2D eigenvalue weighted by Gasteiger charge is -2.37. The van der Waals surface area contributed by atoms with Crippen LogP contribution >= 0.6 is 0 Å². The van der Waals surface area contributed by atoms with Crippen LogP contribution in [0.4, 0.5) is 5.69 Å². The molecule has 2 amide bonds. The Morgan fingerprint density at radius 2 is 1.63 bits per heavy atom. The Bertz CT molecular complexity index is 760. The predicted molar refractivity (Wildman–Crippen MR) is 117 cm³/mol. The van der Waals surface area contributed by atoms with Gasteiger partial charge in [0, 0.05) is 51.3 Å². The second-order valence-electron chi connectivity index (χ2n) is 9.38. The number of imide groups is 1. The van der Waals surface area contributed by atoms with E-state index in [-0.39, 0.29) is 17.2 Å². The molecule has 0 bridgehead atoms. The summed E-state index contributed by atoms with van der Waals surface area (Å²) in [5.41, 5.74) is 3.99. The summed E-state index contributed by atoms with van der Waals surface area (Å²) in [4.78, 5) is 35.4. The van der Waals surface area contributed by atoms with Crippen molar-refractivity contribution in [2.75, 3.05) is 44.2 Å². The van der Waals surface area contributed by atoms with E-state index in [0.717, 1.165) is 69.9 Å². The predicted octanol–water partition coefficient (Wildman–Crippen LogP) is 3.46. The van der Waals surface area contributed by atoms with E-state index in [0.29, 0.717) is 19.4 Å². The van der Waals surface area contributed by atoms with Gasteiger partial charge in [-0.05, 0) is 55.7 Å². The van der Waals surface area contributed by atoms with Crippen molar-refractivity contribution in [1.29, 1.82) is 0 Å². The second-order valence-corrected chi connectivity index (χ2v) is 9.38. The van der Waals surface area contributed by atoms with Gasteiger partial charge in [0.2, 0.25) is 0 Å². The van der Waals surface area contributed by atoms with Crippen molar-refractivity contribution in [3.63, 3.8) is 0 Å². The van der Waals surface area contributed by atoms with Crippen molar-refractivity contribution in [2.45, 2.75) is 58.8 Å².